The minimum absolute atomic E-state index is 0.0952. The van der Waals surface area contributed by atoms with Crippen LogP contribution in [0.5, 0.6) is 0 Å². The number of hydrogen-bond acceptors (Lipinski definition) is 3. The Balaban J connectivity index is 1.58. The van der Waals surface area contributed by atoms with Crippen LogP contribution >= 0.6 is 11.3 Å². The van der Waals surface area contributed by atoms with E-state index in [4.69, 9.17) is 0 Å². The molecule has 2 amide bonds. The van der Waals surface area contributed by atoms with Gasteiger partial charge in [-0.1, -0.05) is 68.8 Å². The highest BCUT2D eigenvalue weighted by atomic mass is 32.1. The molecule has 2 aromatic carbocycles. The normalized spacial score (nSPS) is 15.5. The first kappa shape index (κ1) is 24.2. The Morgan fingerprint density at radius 1 is 1.03 bits per heavy atom. The van der Waals surface area contributed by atoms with Gasteiger partial charge >= 0.3 is 0 Å². The maximum absolute atomic E-state index is 13.4. The summed E-state index contributed by atoms with van der Waals surface area (Å²) in [5.74, 6) is 0.295. The lowest BCUT2D eigenvalue weighted by Crippen LogP contribution is -2.29. The predicted molar refractivity (Wildman–Crippen MR) is 141 cm³/mol. The van der Waals surface area contributed by atoms with Crippen molar-refractivity contribution in [2.24, 2.45) is 11.3 Å². The molecule has 3 aromatic rings. The maximum atomic E-state index is 13.4. The Hall–Kier alpha value is -2.92. The molecule has 1 atom stereocenters. The summed E-state index contributed by atoms with van der Waals surface area (Å²) in [6.45, 7) is 9.39. The standard InChI is InChI=1S/C29H34N2O2S/c1-19-9-8-12-21(17-19)26(32)31-28-25(27(33)30-16-15-20-10-6-5-7-11-20)23-14-13-22(29(2,3)4)18-24(23)34-28/h5-12,17,22H,13-16,18H2,1-4H3,(H,30,33)(H,31,32). The Morgan fingerprint density at radius 3 is 2.50 bits per heavy atom. The average Bonchev–Trinajstić information content (AvgIpc) is 3.16. The largest absolute Gasteiger partial charge is 0.352 e. The zero-order chi connectivity index (χ0) is 24.3. The summed E-state index contributed by atoms with van der Waals surface area (Å²) >= 11 is 1.57. The van der Waals surface area contributed by atoms with E-state index in [1.807, 2.05) is 49.4 Å². The number of benzene rings is 2. The van der Waals surface area contributed by atoms with E-state index in [9.17, 15) is 9.59 Å². The van der Waals surface area contributed by atoms with Crippen LogP contribution in [0.15, 0.2) is 54.6 Å². The third-order valence-corrected chi connectivity index (χ3v) is 7.94. The molecule has 2 N–H and O–H groups in total. The molecule has 0 fully saturated rings. The van der Waals surface area contributed by atoms with Crippen molar-refractivity contribution in [3.05, 3.63) is 87.3 Å². The molecule has 4 nitrogen and oxygen atoms in total. The number of carbonyl (C=O) groups is 2. The van der Waals surface area contributed by atoms with Crippen LogP contribution in [0.25, 0.3) is 0 Å². The van der Waals surface area contributed by atoms with Gasteiger partial charge in [0.15, 0.2) is 0 Å². The van der Waals surface area contributed by atoms with Crippen molar-refractivity contribution in [2.45, 2.75) is 53.4 Å². The second kappa shape index (κ2) is 10.1. The van der Waals surface area contributed by atoms with Crippen LogP contribution in [0.4, 0.5) is 5.00 Å². The molecule has 1 aliphatic carbocycles. The molecule has 5 heteroatoms. The lowest BCUT2D eigenvalue weighted by molar-refractivity contribution is 0.0954. The van der Waals surface area contributed by atoms with Crippen LogP contribution in [-0.4, -0.2) is 18.4 Å². The summed E-state index contributed by atoms with van der Waals surface area (Å²) in [6.07, 6.45) is 3.66. The summed E-state index contributed by atoms with van der Waals surface area (Å²) in [4.78, 5) is 27.7. The number of thiophene rings is 1. The van der Waals surface area contributed by atoms with E-state index in [1.54, 1.807) is 11.3 Å². The molecule has 0 radical (unpaired) electrons. The molecule has 1 heterocycles. The molecular formula is C29H34N2O2S. The van der Waals surface area contributed by atoms with Crippen molar-refractivity contribution in [1.29, 1.82) is 0 Å². The van der Waals surface area contributed by atoms with Gasteiger partial charge < -0.3 is 10.6 Å². The highest BCUT2D eigenvalue weighted by Gasteiger charge is 2.34. The minimum Gasteiger partial charge on any atom is -0.352 e. The number of amides is 2. The van der Waals surface area contributed by atoms with Gasteiger partial charge in [-0.15, -0.1) is 11.3 Å². The molecule has 1 aliphatic rings. The third kappa shape index (κ3) is 5.58. The number of nitrogens with one attached hydrogen (secondary N) is 2. The fraction of sp³-hybridized carbons (Fsp3) is 0.379. The Bertz CT molecular complexity index is 1170. The van der Waals surface area contributed by atoms with Gasteiger partial charge in [0.1, 0.15) is 5.00 Å². The average molecular weight is 475 g/mol. The SMILES string of the molecule is Cc1cccc(C(=O)Nc2sc3c(c2C(=O)NCCc2ccccc2)CCC(C(C)(C)C)C3)c1. The molecule has 0 saturated carbocycles. The number of anilines is 1. The first-order valence-corrected chi connectivity index (χ1v) is 12.9. The summed E-state index contributed by atoms with van der Waals surface area (Å²) in [5, 5.41) is 6.85. The number of rotatable bonds is 6. The van der Waals surface area contributed by atoms with Crippen molar-refractivity contribution in [3.8, 4) is 0 Å². The minimum atomic E-state index is -0.173. The van der Waals surface area contributed by atoms with Crippen LogP contribution in [0.2, 0.25) is 0 Å². The van der Waals surface area contributed by atoms with Crippen LogP contribution < -0.4 is 10.6 Å². The fourth-order valence-corrected chi connectivity index (χ4v) is 5.99. The third-order valence-electron chi connectivity index (χ3n) is 6.77. The van der Waals surface area contributed by atoms with E-state index in [0.717, 1.165) is 36.8 Å². The summed E-state index contributed by atoms with van der Waals surface area (Å²) in [7, 11) is 0. The van der Waals surface area contributed by atoms with E-state index < -0.39 is 0 Å². The Morgan fingerprint density at radius 2 is 1.79 bits per heavy atom. The molecule has 4 rings (SSSR count). The Labute approximate surface area is 206 Å². The van der Waals surface area contributed by atoms with Gasteiger partial charge in [-0.25, -0.2) is 0 Å². The quantitative estimate of drug-likeness (QED) is 0.432. The maximum Gasteiger partial charge on any atom is 0.256 e. The zero-order valence-electron chi connectivity index (χ0n) is 20.5. The fourth-order valence-electron chi connectivity index (χ4n) is 4.67. The smallest absolute Gasteiger partial charge is 0.256 e. The van der Waals surface area contributed by atoms with Crippen LogP contribution in [0.1, 0.15) is 69.5 Å². The molecule has 1 unspecified atom stereocenters. The highest BCUT2D eigenvalue weighted by molar-refractivity contribution is 7.17. The molecule has 0 bridgehead atoms. The number of aryl methyl sites for hydroxylation is 1. The van der Waals surface area contributed by atoms with Gasteiger partial charge in [-0.05, 0) is 67.2 Å². The zero-order valence-corrected chi connectivity index (χ0v) is 21.4. The van der Waals surface area contributed by atoms with Gasteiger partial charge in [0, 0.05) is 17.0 Å². The van der Waals surface area contributed by atoms with Gasteiger partial charge in [-0.2, -0.15) is 0 Å². The highest BCUT2D eigenvalue weighted by Crippen LogP contribution is 2.44. The summed E-state index contributed by atoms with van der Waals surface area (Å²) in [6, 6.07) is 17.7. The number of fused-ring (bicyclic) bond motifs is 1. The molecule has 0 saturated heterocycles. The van der Waals surface area contributed by atoms with Gasteiger partial charge in [-0.3, -0.25) is 9.59 Å². The van der Waals surface area contributed by atoms with Crippen molar-refractivity contribution >= 4 is 28.2 Å². The van der Waals surface area contributed by atoms with Crippen LogP contribution in [-0.2, 0) is 19.3 Å². The van der Waals surface area contributed by atoms with E-state index in [2.05, 4.69) is 43.5 Å². The summed E-state index contributed by atoms with van der Waals surface area (Å²) < 4.78 is 0. The van der Waals surface area contributed by atoms with Crippen molar-refractivity contribution in [1.82, 2.24) is 5.32 Å². The van der Waals surface area contributed by atoms with Gasteiger partial charge in [0.2, 0.25) is 0 Å². The number of carbonyl (C=O) groups excluding carboxylic acids is 2. The van der Waals surface area contributed by atoms with Gasteiger partial charge in [0.25, 0.3) is 11.8 Å². The summed E-state index contributed by atoms with van der Waals surface area (Å²) in [5.41, 5.74) is 4.81. The molecule has 1 aromatic heterocycles. The molecule has 0 spiro atoms. The monoisotopic (exact) mass is 474 g/mol. The van der Waals surface area contributed by atoms with Crippen molar-refractivity contribution < 1.29 is 9.59 Å². The van der Waals surface area contributed by atoms with Crippen LogP contribution in [0.3, 0.4) is 0 Å². The molecule has 0 aliphatic heterocycles. The van der Waals surface area contributed by atoms with E-state index >= 15 is 0 Å². The Kier molecular flexibility index (Phi) is 7.22. The second-order valence-electron chi connectivity index (χ2n) is 10.3. The lowest BCUT2D eigenvalue weighted by Gasteiger charge is -2.33. The van der Waals surface area contributed by atoms with Crippen molar-refractivity contribution in [3.63, 3.8) is 0 Å². The predicted octanol–water partition coefficient (Wildman–Crippen LogP) is 6.43. The van der Waals surface area contributed by atoms with Crippen LogP contribution in [0, 0.1) is 18.3 Å². The lowest BCUT2D eigenvalue weighted by atomic mass is 9.72. The molecule has 34 heavy (non-hydrogen) atoms. The van der Waals surface area contributed by atoms with E-state index in [0.29, 0.717) is 28.6 Å². The first-order valence-electron chi connectivity index (χ1n) is 12.1. The van der Waals surface area contributed by atoms with Gasteiger partial charge in [0.05, 0.1) is 5.56 Å². The topological polar surface area (TPSA) is 58.2 Å². The van der Waals surface area contributed by atoms with E-state index in [1.165, 1.54) is 10.4 Å². The molecular weight excluding hydrogens is 440 g/mol. The van der Waals surface area contributed by atoms with Crippen molar-refractivity contribution in [2.75, 3.05) is 11.9 Å². The first-order chi connectivity index (χ1) is 16.2. The molecule has 178 valence electrons. The van der Waals surface area contributed by atoms with E-state index in [-0.39, 0.29) is 17.2 Å². The number of hydrogen-bond donors (Lipinski definition) is 2. The second-order valence-corrected chi connectivity index (χ2v) is 11.4.